The molecule has 1 heterocycles. The fraction of sp³-hybridized carbons (Fsp3) is 0.500. The van der Waals surface area contributed by atoms with E-state index in [1.165, 1.54) is 18.2 Å². The monoisotopic (exact) mass is 332 g/mol. The number of carbonyl (C=O) groups excluding carboxylic acids is 2. The van der Waals surface area contributed by atoms with E-state index in [1.807, 2.05) is 9.80 Å². The summed E-state index contributed by atoms with van der Waals surface area (Å²) < 4.78 is 0. The molecule has 0 bridgehead atoms. The van der Waals surface area contributed by atoms with Crippen LogP contribution < -0.4 is 5.32 Å². The molecule has 2 aliphatic rings. The zero-order valence-corrected chi connectivity index (χ0v) is 13.3. The lowest BCUT2D eigenvalue weighted by molar-refractivity contribution is -0.384. The van der Waals surface area contributed by atoms with Crippen molar-refractivity contribution in [2.24, 2.45) is 5.92 Å². The Bertz CT molecular complexity index is 651. The number of anilines is 1. The molecule has 1 saturated heterocycles. The molecule has 1 aromatic rings. The second-order valence-corrected chi connectivity index (χ2v) is 6.23. The first kappa shape index (κ1) is 16.4. The van der Waals surface area contributed by atoms with Gasteiger partial charge in [0, 0.05) is 49.9 Å². The highest BCUT2D eigenvalue weighted by Crippen LogP contribution is 2.31. The highest BCUT2D eigenvalue weighted by atomic mass is 16.6. The molecule has 128 valence electrons. The molecule has 1 aliphatic carbocycles. The maximum Gasteiger partial charge on any atom is 0.271 e. The Kier molecular flexibility index (Phi) is 4.75. The van der Waals surface area contributed by atoms with Crippen LogP contribution in [-0.4, -0.2) is 59.3 Å². The molecule has 1 N–H and O–H groups in total. The van der Waals surface area contributed by atoms with Crippen LogP contribution in [-0.2, 0) is 9.59 Å². The summed E-state index contributed by atoms with van der Waals surface area (Å²) in [5.41, 5.74) is 0.358. The van der Waals surface area contributed by atoms with Crippen molar-refractivity contribution in [3.8, 4) is 0 Å². The summed E-state index contributed by atoms with van der Waals surface area (Å²) in [6, 6.07) is 5.88. The van der Waals surface area contributed by atoms with Crippen molar-refractivity contribution < 1.29 is 14.5 Å². The lowest BCUT2D eigenvalue weighted by atomic mass is 10.2. The van der Waals surface area contributed by atoms with Gasteiger partial charge in [0.25, 0.3) is 5.69 Å². The van der Waals surface area contributed by atoms with E-state index in [0.717, 1.165) is 12.8 Å². The minimum atomic E-state index is -0.494. The average molecular weight is 332 g/mol. The number of amides is 2. The SMILES string of the molecule is O=C(CN1CCN(C(=O)C2CC2)CC1)Nc1cccc([N+](=O)[O-])c1. The lowest BCUT2D eigenvalue weighted by Gasteiger charge is -2.34. The Balaban J connectivity index is 1.46. The molecule has 1 aliphatic heterocycles. The lowest BCUT2D eigenvalue weighted by Crippen LogP contribution is -2.50. The van der Waals surface area contributed by atoms with Crippen molar-refractivity contribution in [1.29, 1.82) is 0 Å². The number of benzene rings is 1. The van der Waals surface area contributed by atoms with E-state index >= 15 is 0 Å². The molecule has 2 fully saturated rings. The maximum absolute atomic E-state index is 12.1. The maximum atomic E-state index is 12.1. The third-order valence-electron chi connectivity index (χ3n) is 4.32. The topological polar surface area (TPSA) is 95.8 Å². The van der Waals surface area contributed by atoms with Crippen LogP contribution in [0.2, 0.25) is 0 Å². The number of nitro benzene ring substituents is 1. The molecule has 8 heteroatoms. The number of non-ortho nitro benzene ring substituents is 1. The van der Waals surface area contributed by atoms with Gasteiger partial charge in [0.05, 0.1) is 11.5 Å². The number of nitrogens with zero attached hydrogens (tertiary/aromatic N) is 3. The summed E-state index contributed by atoms with van der Waals surface area (Å²) >= 11 is 0. The smallest absolute Gasteiger partial charge is 0.271 e. The van der Waals surface area contributed by atoms with Gasteiger partial charge in [-0.3, -0.25) is 24.6 Å². The Labute approximate surface area is 139 Å². The van der Waals surface area contributed by atoms with Crippen molar-refractivity contribution in [1.82, 2.24) is 9.80 Å². The Morgan fingerprint density at radius 1 is 1.21 bits per heavy atom. The number of hydrogen-bond donors (Lipinski definition) is 1. The molecular formula is C16H20N4O4. The highest BCUT2D eigenvalue weighted by molar-refractivity contribution is 5.92. The standard InChI is InChI=1S/C16H20N4O4/c21-15(17-13-2-1-3-14(10-13)20(23)24)11-18-6-8-19(9-7-18)16(22)12-4-5-12/h1-3,10,12H,4-9,11H2,(H,17,21). The third-order valence-corrected chi connectivity index (χ3v) is 4.32. The molecule has 8 nitrogen and oxygen atoms in total. The molecule has 0 atom stereocenters. The number of rotatable bonds is 5. The van der Waals surface area contributed by atoms with Crippen molar-refractivity contribution in [2.45, 2.75) is 12.8 Å². The van der Waals surface area contributed by atoms with Gasteiger partial charge in [-0.15, -0.1) is 0 Å². The minimum Gasteiger partial charge on any atom is -0.340 e. The van der Waals surface area contributed by atoms with Crippen molar-refractivity contribution in [2.75, 3.05) is 38.0 Å². The Morgan fingerprint density at radius 3 is 2.54 bits per heavy atom. The molecule has 1 aromatic carbocycles. The summed E-state index contributed by atoms with van der Waals surface area (Å²) in [7, 11) is 0. The van der Waals surface area contributed by atoms with Crippen LogP contribution in [0.25, 0.3) is 0 Å². The Hall–Kier alpha value is -2.48. The van der Waals surface area contributed by atoms with Gasteiger partial charge >= 0.3 is 0 Å². The summed E-state index contributed by atoms with van der Waals surface area (Å²) in [5.74, 6) is 0.266. The predicted molar refractivity (Wildman–Crippen MR) is 87.5 cm³/mol. The van der Waals surface area contributed by atoms with E-state index in [-0.39, 0.29) is 30.0 Å². The van der Waals surface area contributed by atoms with Crippen LogP contribution in [0.3, 0.4) is 0 Å². The van der Waals surface area contributed by atoms with Gasteiger partial charge in [-0.1, -0.05) is 6.07 Å². The molecule has 24 heavy (non-hydrogen) atoms. The van der Waals surface area contributed by atoms with Crippen LogP contribution in [0.4, 0.5) is 11.4 Å². The average Bonchev–Trinajstić information content (AvgIpc) is 3.40. The van der Waals surface area contributed by atoms with Gasteiger partial charge < -0.3 is 10.2 Å². The fourth-order valence-corrected chi connectivity index (χ4v) is 2.82. The third kappa shape index (κ3) is 4.08. The van der Waals surface area contributed by atoms with Gasteiger partial charge in [0.1, 0.15) is 0 Å². The highest BCUT2D eigenvalue weighted by Gasteiger charge is 2.34. The van der Waals surface area contributed by atoms with Crippen molar-refractivity contribution in [3.05, 3.63) is 34.4 Å². The summed E-state index contributed by atoms with van der Waals surface area (Å²) in [4.78, 5) is 38.2. The number of piperazine rings is 1. The molecule has 0 unspecified atom stereocenters. The van der Waals surface area contributed by atoms with E-state index in [4.69, 9.17) is 0 Å². The van der Waals surface area contributed by atoms with Crippen molar-refractivity contribution >= 4 is 23.2 Å². The van der Waals surface area contributed by atoms with Gasteiger partial charge in [-0.2, -0.15) is 0 Å². The molecule has 1 saturated carbocycles. The van der Waals surface area contributed by atoms with Crippen LogP contribution in [0, 0.1) is 16.0 Å². The minimum absolute atomic E-state index is 0.0556. The number of nitrogens with one attached hydrogen (secondary N) is 1. The second kappa shape index (κ2) is 6.96. The first-order valence-electron chi connectivity index (χ1n) is 8.08. The van der Waals surface area contributed by atoms with Crippen LogP contribution in [0.1, 0.15) is 12.8 Å². The summed E-state index contributed by atoms with van der Waals surface area (Å²) in [6.07, 6.45) is 2.01. The molecule has 0 spiro atoms. The normalized spacial score (nSPS) is 18.2. The van der Waals surface area contributed by atoms with Gasteiger partial charge in [0.2, 0.25) is 11.8 Å². The van der Waals surface area contributed by atoms with Crippen LogP contribution in [0.5, 0.6) is 0 Å². The second-order valence-electron chi connectivity index (χ2n) is 6.23. The zero-order valence-electron chi connectivity index (χ0n) is 13.3. The summed E-state index contributed by atoms with van der Waals surface area (Å²) in [5, 5.41) is 13.4. The van der Waals surface area contributed by atoms with Crippen molar-refractivity contribution in [3.63, 3.8) is 0 Å². The number of nitro groups is 1. The largest absolute Gasteiger partial charge is 0.340 e. The molecule has 0 radical (unpaired) electrons. The quantitative estimate of drug-likeness (QED) is 0.643. The van der Waals surface area contributed by atoms with E-state index < -0.39 is 4.92 Å². The first-order chi connectivity index (χ1) is 11.5. The molecular weight excluding hydrogens is 312 g/mol. The van der Waals surface area contributed by atoms with Crippen LogP contribution >= 0.6 is 0 Å². The fourth-order valence-electron chi connectivity index (χ4n) is 2.82. The number of hydrogen-bond acceptors (Lipinski definition) is 5. The first-order valence-corrected chi connectivity index (χ1v) is 8.08. The van der Waals surface area contributed by atoms with Crippen LogP contribution in [0.15, 0.2) is 24.3 Å². The van der Waals surface area contributed by atoms with Gasteiger partial charge in [0.15, 0.2) is 0 Å². The molecule has 3 rings (SSSR count). The predicted octanol–water partition coefficient (Wildman–Crippen LogP) is 1.09. The van der Waals surface area contributed by atoms with E-state index in [2.05, 4.69) is 5.32 Å². The number of carbonyl (C=O) groups is 2. The van der Waals surface area contributed by atoms with E-state index in [0.29, 0.717) is 31.9 Å². The van der Waals surface area contributed by atoms with E-state index in [9.17, 15) is 19.7 Å². The van der Waals surface area contributed by atoms with Gasteiger partial charge in [-0.25, -0.2) is 0 Å². The van der Waals surface area contributed by atoms with E-state index in [1.54, 1.807) is 6.07 Å². The molecule has 0 aromatic heterocycles. The van der Waals surface area contributed by atoms with Gasteiger partial charge in [-0.05, 0) is 18.9 Å². The summed E-state index contributed by atoms with van der Waals surface area (Å²) in [6.45, 7) is 2.86. The molecule has 2 amide bonds. The zero-order chi connectivity index (χ0) is 17.1. The Morgan fingerprint density at radius 2 is 1.92 bits per heavy atom.